The second kappa shape index (κ2) is 3.89. The number of cyclic esters (lactones) is 1. The van der Waals surface area contributed by atoms with Crippen LogP contribution in [0.15, 0.2) is 11.5 Å². The first kappa shape index (κ1) is 10.2. The molecule has 0 unspecified atom stereocenters. The summed E-state index contributed by atoms with van der Waals surface area (Å²) < 4.78 is 4.52. The van der Waals surface area contributed by atoms with Crippen LogP contribution in [0.1, 0.15) is 0 Å². The summed E-state index contributed by atoms with van der Waals surface area (Å²) in [4.78, 5) is 10.7. The van der Waals surface area contributed by atoms with Gasteiger partial charge in [0.25, 0.3) is 0 Å². The highest BCUT2D eigenvalue weighted by atomic mass is 32.2. The van der Waals surface area contributed by atoms with Crippen molar-refractivity contribution in [3.05, 3.63) is 11.5 Å². The van der Waals surface area contributed by atoms with Crippen molar-refractivity contribution in [1.29, 1.82) is 0 Å². The highest BCUT2D eigenvalue weighted by Gasteiger charge is 2.38. The summed E-state index contributed by atoms with van der Waals surface area (Å²) in [5.74, 6) is -2.09. The molecule has 0 aliphatic carbocycles. The number of esters is 1. The minimum Gasteiger partial charge on any atom is -0.505 e. The summed E-state index contributed by atoms with van der Waals surface area (Å²) in [6, 6.07) is 0. The fraction of sp³-hybridized carbons (Fsp3) is 0.571. The van der Waals surface area contributed by atoms with Crippen LogP contribution in [-0.4, -0.2) is 45.5 Å². The molecule has 0 aromatic heterocycles. The summed E-state index contributed by atoms with van der Waals surface area (Å²) in [5, 5.41) is 27.4. The number of thioether (sulfide) groups is 1. The molecule has 1 rings (SSSR count). The third-order valence-corrected chi connectivity index (χ3v) is 2.30. The molecule has 1 aliphatic rings. The van der Waals surface area contributed by atoms with Gasteiger partial charge in [-0.25, -0.2) is 4.79 Å². The molecule has 3 N–H and O–H groups in total. The van der Waals surface area contributed by atoms with Crippen molar-refractivity contribution in [2.75, 3.05) is 12.0 Å². The fourth-order valence-corrected chi connectivity index (χ4v) is 1.50. The van der Waals surface area contributed by atoms with E-state index in [1.165, 1.54) is 11.8 Å². The van der Waals surface area contributed by atoms with Gasteiger partial charge in [0, 0.05) is 5.75 Å². The van der Waals surface area contributed by atoms with Gasteiger partial charge in [0.15, 0.2) is 11.9 Å². The fourth-order valence-electron chi connectivity index (χ4n) is 0.985. The second-order valence-electron chi connectivity index (χ2n) is 2.58. The van der Waals surface area contributed by atoms with Crippen LogP contribution in [0.25, 0.3) is 0 Å². The quantitative estimate of drug-likeness (QED) is 0.562. The average molecular weight is 206 g/mol. The van der Waals surface area contributed by atoms with E-state index in [2.05, 4.69) is 4.74 Å². The number of hydrogen-bond donors (Lipinski definition) is 3. The van der Waals surface area contributed by atoms with E-state index in [4.69, 9.17) is 10.2 Å². The molecule has 0 spiro atoms. The highest BCUT2D eigenvalue weighted by Crippen LogP contribution is 2.22. The number of rotatable bonds is 3. The van der Waals surface area contributed by atoms with Gasteiger partial charge in [0.2, 0.25) is 5.76 Å². The van der Waals surface area contributed by atoms with E-state index in [0.717, 1.165) is 0 Å². The SMILES string of the molecule is CSC[C@H](O)[C@H]1OC(=O)C(O)=C1O. The van der Waals surface area contributed by atoms with E-state index >= 15 is 0 Å². The molecule has 13 heavy (non-hydrogen) atoms. The molecule has 2 atom stereocenters. The molecule has 0 bridgehead atoms. The van der Waals surface area contributed by atoms with E-state index in [-0.39, 0.29) is 0 Å². The average Bonchev–Trinajstić information content (AvgIpc) is 2.33. The highest BCUT2D eigenvalue weighted by molar-refractivity contribution is 7.98. The Hall–Kier alpha value is -0.880. The number of ether oxygens (including phenoxy) is 1. The van der Waals surface area contributed by atoms with Crippen molar-refractivity contribution in [2.45, 2.75) is 12.2 Å². The Balaban J connectivity index is 2.70. The van der Waals surface area contributed by atoms with Crippen LogP contribution >= 0.6 is 11.8 Å². The maximum Gasteiger partial charge on any atom is 0.377 e. The van der Waals surface area contributed by atoms with Gasteiger partial charge in [-0.1, -0.05) is 0 Å². The minimum absolute atomic E-state index is 0.315. The Morgan fingerprint density at radius 3 is 2.62 bits per heavy atom. The molecule has 5 nitrogen and oxygen atoms in total. The molecular formula is C7H10O5S. The first-order chi connectivity index (χ1) is 6.07. The molecule has 6 heteroatoms. The lowest BCUT2D eigenvalue weighted by Gasteiger charge is -2.15. The van der Waals surface area contributed by atoms with Crippen molar-refractivity contribution < 1.29 is 24.9 Å². The second-order valence-corrected chi connectivity index (χ2v) is 3.49. The van der Waals surface area contributed by atoms with Crippen LogP contribution in [0.3, 0.4) is 0 Å². The van der Waals surface area contributed by atoms with Gasteiger partial charge < -0.3 is 20.1 Å². The first-order valence-corrected chi connectivity index (χ1v) is 4.97. The monoisotopic (exact) mass is 206 g/mol. The molecule has 0 amide bonds. The van der Waals surface area contributed by atoms with Gasteiger partial charge >= 0.3 is 5.97 Å². The Morgan fingerprint density at radius 1 is 1.62 bits per heavy atom. The van der Waals surface area contributed by atoms with Gasteiger partial charge in [-0.05, 0) is 6.26 Å². The predicted octanol–water partition coefficient (Wildman–Crippen LogP) is -0.0367. The number of hydrogen-bond acceptors (Lipinski definition) is 6. The first-order valence-electron chi connectivity index (χ1n) is 3.58. The molecule has 1 aliphatic heterocycles. The van der Waals surface area contributed by atoms with E-state index in [1.54, 1.807) is 6.26 Å². The Morgan fingerprint density at radius 2 is 2.23 bits per heavy atom. The molecule has 74 valence electrons. The van der Waals surface area contributed by atoms with Crippen LogP contribution in [0, 0.1) is 0 Å². The van der Waals surface area contributed by atoms with E-state index in [9.17, 15) is 9.90 Å². The minimum atomic E-state index is -1.13. The van der Waals surface area contributed by atoms with Gasteiger partial charge in [-0.3, -0.25) is 0 Å². The van der Waals surface area contributed by atoms with Crippen LogP contribution in [0.4, 0.5) is 0 Å². The van der Waals surface area contributed by atoms with Gasteiger partial charge in [-0.2, -0.15) is 11.8 Å². The number of aliphatic hydroxyl groups is 3. The summed E-state index contributed by atoms with van der Waals surface area (Å²) in [5.41, 5.74) is 0. The van der Waals surface area contributed by atoms with Crippen molar-refractivity contribution >= 4 is 17.7 Å². The molecule has 0 aromatic rings. The topological polar surface area (TPSA) is 87.0 Å². The molecule has 0 saturated carbocycles. The third kappa shape index (κ3) is 1.89. The largest absolute Gasteiger partial charge is 0.505 e. The molecule has 0 fully saturated rings. The van der Waals surface area contributed by atoms with Crippen LogP contribution < -0.4 is 0 Å². The Bertz CT molecular complexity index is 249. The van der Waals surface area contributed by atoms with Crippen LogP contribution in [0.2, 0.25) is 0 Å². The summed E-state index contributed by atoms with van der Waals surface area (Å²) in [6.07, 6.45) is -0.357. The maximum absolute atomic E-state index is 10.7. The normalized spacial score (nSPS) is 24.8. The van der Waals surface area contributed by atoms with Gasteiger partial charge in [0.05, 0.1) is 0 Å². The lowest BCUT2D eigenvalue weighted by Crippen LogP contribution is -2.30. The smallest absolute Gasteiger partial charge is 0.377 e. The molecule has 1 heterocycles. The van der Waals surface area contributed by atoms with E-state index in [0.29, 0.717) is 5.75 Å². The molecule has 0 radical (unpaired) electrons. The standard InChI is InChI=1S/C7H10O5S/c1-13-2-3(8)6-4(9)5(10)7(11)12-6/h3,6,8-10H,2H2,1H3/t3-,6+/m0/s1. The zero-order valence-corrected chi connectivity index (χ0v) is 7.74. The molecular weight excluding hydrogens is 196 g/mol. The van der Waals surface area contributed by atoms with Crippen molar-refractivity contribution in [3.63, 3.8) is 0 Å². The summed E-state index contributed by atoms with van der Waals surface area (Å²) >= 11 is 1.34. The van der Waals surface area contributed by atoms with E-state index < -0.39 is 29.7 Å². The Labute approximate surface area is 79.0 Å². The third-order valence-electron chi connectivity index (χ3n) is 1.63. The van der Waals surface area contributed by atoms with Gasteiger partial charge in [0.1, 0.15) is 6.10 Å². The molecule has 0 aromatic carbocycles. The van der Waals surface area contributed by atoms with E-state index in [1.807, 2.05) is 0 Å². The van der Waals surface area contributed by atoms with Crippen LogP contribution in [-0.2, 0) is 9.53 Å². The zero-order valence-electron chi connectivity index (χ0n) is 6.93. The lowest BCUT2D eigenvalue weighted by atomic mass is 10.2. The predicted molar refractivity (Wildman–Crippen MR) is 46.6 cm³/mol. The zero-order chi connectivity index (χ0) is 10.0. The lowest BCUT2D eigenvalue weighted by molar-refractivity contribution is -0.146. The summed E-state index contributed by atoms with van der Waals surface area (Å²) in [7, 11) is 0. The maximum atomic E-state index is 10.7. The number of carbonyl (C=O) groups is 1. The van der Waals surface area contributed by atoms with Crippen molar-refractivity contribution in [1.82, 2.24) is 0 Å². The summed E-state index contributed by atoms with van der Waals surface area (Å²) in [6.45, 7) is 0. The number of carbonyl (C=O) groups excluding carboxylic acids is 1. The van der Waals surface area contributed by atoms with Crippen molar-refractivity contribution in [3.8, 4) is 0 Å². The molecule has 0 saturated heterocycles. The Kier molecular flexibility index (Phi) is 3.05. The van der Waals surface area contributed by atoms with Crippen molar-refractivity contribution in [2.24, 2.45) is 0 Å². The van der Waals surface area contributed by atoms with Crippen LogP contribution in [0.5, 0.6) is 0 Å². The van der Waals surface area contributed by atoms with Gasteiger partial charge in [-0.15, -0.1) is 0 Å². The number of aliphatic hydroxyl groups excluding tert-OH is 3.